The molecule has 20 heavy (non-hydrogen) atoms. The maximum absolute atomic E-state index is 12.0. The van der Waals surface area contributed by atoms with Crippen molar-refractivity contribution in [3.05, 3.63) is 26.5 Å². The van der Waals surface area contributed by atoms with Crippen molar-refractivity contribution < 1.29 is 9.59 Å². The number of carbonyl (C=O) groups excluding carboxylic acids is 2. The molecule has 1 unspecified atom stereocenters. The van der Waals surface area contributed by atoms with E-state index >= 15 is 0 Å². The molecule has 108 valence electrons. The molecule has 0 radical (unpaired) electrons. The second-order valence-electron chi connectivity index (χ2n) is 4.76. The number of nitrogens with one attached hydrogen (secondary N) is 2. The highest BCUT2D eigenvalue weighted by Gasteiger charge is 2.33. The van der Waals surface area contributed by atoms with Crippen molar-refractivity contribution in [3.63, 3.8) is 0 Å². The van der Waals surface area contributed by atoms with E-state index in [-0.39, 0.29) is 22.6 Å². The number of nitrogens with zero attached hydrogens (tertiary/aromatic N) is 1. The minimum Gasteiger partial charge on any atom is -0.309 e. The standard InChI is InChI=1S/C12H15N3O4S/c1-6-10(11(18)14-12(19)13-6)15-4-8(3-9(15)17)5-20-7(2)16/h8H,3-5H2,1-2H3,(H2,13,14,18,19). The third-order valence-electron chi connectivity index (χ3n) is 3.10. The summed E-state index contributed by atoms with van der Waals surface area (Å²) in [5.41, 5.74) is -0.608. The third-order valence-corrected chi connectivity index (χ3v) is 4.14. The van der Waals surface area contributed by atoms with E-state index < -0.39 is 11.2 Å². The summed E-state index contributed by atoms with van der Waals surface area (Å²) >= 11 is 1.18. The smallest absolute Gasteiger partial charge is 0.309 e. The lowest BCUT2D eigenvalue weighted by Crippen LogP contribution is -2.35. The van der Waals surface area contributed by atoms with E-state index in [4.69, 9.17) is 0 Å². The molecule has 1 saturated heterocycles. The number of hydrogen-bond donors (Lipinski definition) is 2. The van der Waals surface area contributed by atoms with Gasteiger partial charge in [-0.3, -0.25) is 19.4 Å². The van der Waals surface area contributed by atoms with E-state index in [0.29, 0.717) is 24.4 Å². The highest BCUT2D eigenvalue weighted by Crippen LogP contribution is 2.26. The maximum Gasteiger partial charge on any atom is 0.326 e. The number of amides is 1. The molecule has 1 aromatic rings. The van der Waals surface area contributed by atoms with Gasteiger partial charge in [0.05, 0.1) is 0 Å². The monoisotopic (exact) mass is 297 g/mol. The zero-order valence-electron chi connectivity index (χ0n) is 11.2. The number of thioether (sulfide) groups is 1. The Morgan fingerprint density at radius 2 is 2.05 bits per heavy atom. The Kier molecular flexibility index (Phi) is 4.12. The lowest BCUT2D eigenvalue weighted by molar-refractivity contribution is -0.117. The van der Waals surface area contributed by atoms with Crippen molar-refractivity contribution in [2.24, 2.45) is 5.92 Å². The van der Waals surface area contributed by atoms with Crippen LogP contribution in [0.3, 0.4) is 0 Å². The van der Waals surface area contributed by atoms with E-state index in [9.17, 15) is 19.2 Å². The van der Waals surface area contributed by atoms with E-state index in [0.717, 1.165) is 0 Å². The Balaban J connectivity index is 2.22. The molecule has 1 aromatic heterocycles. The number of anilines is 1. The van der Waals surface area contributed by atoms with Crippen molar-refractivity contribution in [3.8, 4) is 0 Å². The molecular weight excluding hydrogens is 282 g/mol. The zero-order valence-corrected chi connectivity index (χ0v) is 12.0. The van der Waals surface area contributed by atoms with Crippen LogP contribution in [0.4, 0.5) is 5.69 Å². The van der Waals surface area contributed by atoms with Crippen LogP contribution in [0, 0.1) is 12.8 Å². The van der Waals surface area contributed by atoms with Gasteiger partial charge in [-0.25, -0.2) is 4.79 Å². The topological polar surface area (TPSA) is 103 Å². The minimum atomic E-state index is -0.591. The number of aromatic amines is 2. The van der Waals surface area contributed by atoms with Gasteiger partial charge in [0.1, 0.15) is 5.69 Å². The first-order valence-electron chi connectivity index (χ1n) is 6.15. The summed E-state index contributed by atoms with van der Waals surface area (Å²) in [6, 6.07) is 0. The normalized spacial score (nSPS) is 18.6. The van der Waals surface area contributed by atoms with Crippen molar-refractivity contribution in [2.75, 3.05) is 17.2 Å². The second kappa shape index (κ2) is 5.66. The van der Waals surface area contributed by atoms with Crippen LogP contribution in [-0.2, 0) is 9.59 Å². The maximum atomic E-state index is 12.0. The van der Waals surface area contributed by atoms with Crippen LogP contribution in [0.5, 0.6) is 0 Å². The Labute approximate surface area is 118 Å². The summed E-state index contributed by atoms with van der Waals surface area (Å²) in [5, 5.41) is 0.00830. The van der Waals surface area contributed by atoms with Crippen molar-refractivity contribution in [1.82, 2.24) is 9.97 Å². The van der Waals surface area contributed by atoms with Crippen LogP contribution in [0.25, 0.3) is 0 Å². The molecule has 1 amide bonds. The molecule has 2 heterocycles. The first-order valence-corrected chi connectivity index (χ1v) is 7.14. The molecule has 0 spiro atoms. The Bertz CT molecular complexity index is 663. The van der Waals surface area contributed by atoms with Gasteiger partial charge in [-0.05, 0) is 12.8 Å². The van der Waals surface area contributed by atoms with Gasteiger partial charge in [0.2, 0.25) is 5.91 Å². The molecular formula is C12H15N3O4S. The van der Waals surface area contributed by atoms with Gasteiger partial charge in [0.15, 0.2) is 5.12 Å². The van der Waals surface area contributed by atoms with Gasteiger partial charge in [0.25, 0.3) is 5.56 Å². The fraction of sp³-hybridized carbons (Fsp3) is 0.500. The molecule has 0 aliphatic carbocycles. The van der Waals surface area contributed by atoms with Gasteiger partial charge in [-0.1, -0.05) is 11.8 Å². The van der Waals surface area contributed by atoms with Crippen LogP contribution < -0.4 is 16.1 Å². The molecule has 2 N–H and O–H groups in total. The van der Waals surface area contributed by atoms with Gasteiger partial charge in [-0.2, -0.15) is 0 Å². The van der Waals surface area contributed by atoms with Crippen LogP contribution >= 0.6 is 11.8 Å². The SMILES string of the molecule is CC(=O)SCC1CC(=O)N(c2c(C)[nH]c(=O)[nH]c2=O)C1. The number of H-pyrrole nitrogens is 2. The molecule has 0 aromatic carbocycles. The number of aromatic nitrogens is 2. The average Bonchev–Trinajstić information content (AvgIpc) is 2.67. The van der Waals surface area contributed by atoms with Gasteiger partial charge in [0, 0.05) is 31.3 Å². The summed E-state index contributed by atoms with van der Waals surface area (Å²) in [5.74, 6) is 0.416. The first-order chi connectivity index (χ1) is 9.38. The molecule has 2 rings (SSSR count). The number of carbonyl (C=O) groups is 2. The summed E-state index contributed by atoms with van der Waals surface area (Å²) in [4.78, 5) is 51.9. The largest absolute Gasteiger partial charge is 0.326 e. The predicted octanol–water partition coefficient (Wildman–Crippen LogP) is 0.00422. The van der Waals surface area contributed by atoms with Crippen LogP contribution in [0.1, 0.15) is 19.0 Å². The van der Waals surface area contributed by atoms with Crippen molar-refractivity contribution >= 4 is 28.5 Å². The molecule has 8 heteroatoms. The average molecular weight is 297 g/mol. The predicted molar refractivity (Wildman–Crippen MR) is 76.0 cm³/mol. The fourth-order valence-electron chi connectivity index (χ4n) is 2.26. The highest BCUT2D eigenvalue weighted by molar-refractivity contribution is 8.13. The Morgan fingerprint density at radius 1 is 1.35 bits per heavy atom. The lowest BCUT2D eigenvalue weighted by atomic mass is 10.1. The third kappa shape index (κ3) is 3.01. The van der Waals surface area contributed by atoms with Gasteiger partial charge in [-0.15, -0.1) is 0 Å². The zero-order chi connectivity index (χ0) is 14.9. The fourth-order valence-corrected chi connectivity index (χ4v) is 2.96. The molecule has 1 aliphatic rings. The molecule has 0 bridgehead atoms. The van der Waals surface area contributed by atoms with E-state index in [1.54, 1.807) is 6.92 Å². The number of rotatable bonds is 3. The summed E-state index contributed by atoms with van der Waals surface area (Å²) < 4.78 is 0. The molecule has 1 fully saturated rings. The number of aryl methyl sites for hydroxylation is 1. The van der Waals surface area contributed by atoms with E-state index in [1.165, 1.54) is 23.6 Å². The Morgan fingerprint density at radius 3 is 2.65 bits per heavy atom. The molecule has 0 saturated carbocycles. The van der Waals surface area contributed by atoms with E-state index in [1.807, 2.05) is 0 Å². The molecule has 7 nitrogen and oxygen atoms in total. The second-order valence-corrected chi connectivity index (χ2v) is 5.96. The quantitative estimate of drug-likeness (QED) is 0.817. The van der Waals surface area contributed by atoms with Crippen molar-refractivity contribution in [1.29, 1.82) is 0 Å². The number of hydrogen-bond acceptors (Lipinski definition) is 5. The van der Waals surface area contributed by atoms with Gasteiger partial charge >= 0.3 is 5.69 Å². The van der Waals surface area contributed by atoms with Crippen LogP contribution in [0.2, 0.25) is 0 Å². The lowest BCUT2D eigenvalue weighted by Gasteiger charge is -2.17. The highest BCUT2D eigenvalue weighted by atomic mass is 32.2. The Hall–Kier alpha value is -1.83. The van der Waals surface area contributed by atoms with Crippen molar-refractivity contribution in [2.45, 2.75) is 20.3 Å². The van der Waals surface area contributed by atoms with Gasteiger partial charge < -0.3 is 9.88 Å². The molecule has 1 atom stereocenters. The molecule has 1 aliphatic heterocycles. The van der Waals surface area contributed by atoms with E-state index in [2.05, 4.69) is 9.97 Å². The first kappa shape index (κ1) is 14.6. The van der Waals surface area contributed by atoms with Crippen LogP contribution in [-0.4, -0.2) is 33.3 Å². The minimum absolute atomic E-state index is 0.00830. The van der Waals surface area contributed by atoms with Crippen LogP contribution in [0.15, 0.2) is 9.59 Å². The summed E-state index contributed by atoms with van der Waals surface area (Å²) in [6.07, 6.45) is 0.304. The summed E-state index contributed by atoms with van der Waals surface area (Å²) in [6.45, 7) is 3.45. The summed E-state index contributed by atoms with van der Waals surface area (Å²) in [7, 11) is 0.